The molecule has 0 aromatic carbocycles. The van der Waals surface area contributed by atoms with Gasteiger partial charge in [-0.05, 0) is 77.1 Å². The van der Waals surface area contributed by atoms with E-state index in [9.17, 15) is 4.79 Å². The number of nitriles is 1. The van der Waals surface area contributed by atoms with Gasteiger partial charge >= 0.3 is 0 Å². The lowest BCUT2D eigenvalue weighted by Gasteiger charge is -2.40. The summed E-state index contributed by atoms with van der Waals surface area (Å²) in [5.74, 6) is -0.103. The van der Waals surface area contributed by atoms with Gasteiger partial charge in [-0.3, -0.25) is 14.7 Å². The second kappa shape index (κ2) is 11.5. The number of hydrogen-bond donors (Lipinski definition) is 0. The van der Waals surface area contributed by atoms with Gasteiger partial charge < -0.3 is 19.1 Å². The third-order valence-corrected chi connectivity index (χ3v) is 7.73. The number of aromatic nitrogens is 1. The van der Waals surface area contributed by atoms with Crippen molar-refractivity contribution in [1.29, 1.82) is 5.26 Å². The van der Waals surface area contributed by atoms with E-state index in [0.29, 0.717) is 34.7 Å². The smallest absolute Gasteiger partial charge is 0.258 e. The topological polar surface area (TPSA) is 87.9 Å². The molecule has 0 radical (unpaired) electrons. The van der Waals surface area contributed by atoms with Crippen molar-refractivity contribution in [3.8, 4) is 6.07 Å². The molecule has 8 nitrogen and oxygen atoms in total. The minimum absolute atomic E-state index is 0.0883. The van der Waals surface area contributed by atoms with E-state index in [1.54, 1.807) is 12.3 Å². The summed E-state index contributed by atoms with van der Waals surface area (Å²) in [5, 5.41) is 9.75. The monoisotopic (exact) mass is 520 g/mol. The first kappa shape index (κ1) is 26.2. The summed E-state index contributed by atoms with van der Waals surface area (Å²) < 4.78 is 17.4. The molecule has 3 aliphatic rings. The number of pyridine rings is 1. The first-order chi connectivity index (χ1) is 16.8. The summed E-state index contributed by atoms with van der Waals surface area (Å²) in [4.78, 5) is 21.3. The van der Waals surface area contributed by atoms with Gasteiger partial charge in [-0.15, -0.1) is 0 Å². The van der Waals surface area contributed by atoms with E-state index in [1.165, 1.54) is 4.90 Å². The molecule has 2 saturated heterocycles. The molecule has 10 heteroatoms. The second-order valence-corrected chi connectivity index (χ2v) is 10.5. The number of carbonyl (C=O) groups excluding carboxylic acids is 1. The van der Waals surface area contributed by atoms with Gasteiger partial charge in [0.15, 0.2) is 11.4 Å². The molecule has 1 aromatic rings. The number of amides is 1. The van der Waals surface area contributed by atoms with Gasteiger partial charge in [0.2, 0.25) is 0 Å². The van der Waals surface area contributed by atoms with Crippen molar-refractivity contribution in [2.75, 3.05) is 24.7 Å². The van der Waals surface area contributed by atoms with Gasteiger partial charge in [-0.2, -0.15) is 5.26 Å². The predicted octanol–water partition coefficient (Wildman–Crippen LogP) is 4.38. The van der Waals surface area contributed by atoms with E-state index in [0.717, 1.165) is 51.6 Å². The van der Waals surface area contributed by atoms with Gasteiger partial charge in [0, 0.05) is 12.6 Å². The molecule has 35 heavy (non-hydrogen) atoms. The SMILES string of the molecule is CC1(C)C(=O)N(c2cnc(CC#N)c(Cl)c2)C(=S)N1C1CCC(OCCOC2CCCCO2)CC1. The van der Waals surface area contributed by atoms with Crippen molar-refractivity contribution < 1.29 is 19.0 Å². The number of ether oxygens (including phenoxy) is 3. The molecule has 1 saturated carbocycles. The summed E-state index contributed by atoms with van der Waals surface area (Å²) in [6.45, 7) is 5.70. The molecule has 1 aliphatic carbocycles. The van der Waals surface area contributed by atoms with Crippen LogP contribution in [0.1, 0.15) is 64.5 Å². The third kappa shape index (κ3) is 5.78. The minimum Gasteiger partial charge on any atom is -0.376 e. The molecule has 190 valence electrons. The Balaban J connectivity index is 1.32. The average molecular weight is 521 g/mol. The van der Waals surface area contributed by atoms with E-state index >= 15 is 0 Å². The largest absolute Gasteiger partial charge is 0.376 e. The van der Waals surface area contributed by atoms with Crippen LogP contribution in [0.3, 0.4) is 0 Å². The lowest BCUT2D eigenvalue weighted by atomic mass is 9.89. The maximum atomic E-state index is 13.4. The van der Waals surface area contributed by atoms with E-state index in [2.05, 4.69) is 9.88 Å². The zero-order valence-corrected chi connectivity index (χ0v) is 21.9. The molecule has 0 spiro atoms. The van der Waals surface area contributed by atoms with Crippen molar-refractivity contribution in [2.24, 2.45) is 0 Å². The molecule has 2 aliphatic heterocycles. The molecule has 1 amide bonds. The van der Waals surface area contributed by atoms with Gasteiger partial charge in [-0.25, -0.2) is 0 Å². The van der Waals surface area contributed by atoms with Crippen LogP contribution in [0.4, 0.5) is 5.69 Å². The molecule has 0 bridgehead atoms. The van der Waals surface area contributed by atoms with Crippen LogP contribution in [0.25, 0.3) is 0 Å². The summed E-state index contributed by atoms with van der Waals surface area (Å²) in [7, 11) is 0. The summed E-state index contributed by atoms with van der Waals surface area (Å²) in [6, 6.07) is 3.86. The fraction of sp³-hybridized carbons (Fsp3) is 0.680. The highest BCUT2D eigenvalue weighted by molar-refractivity contribution is 7.80. The lowest BCUT2D eigenvalue weighted by Crippen LogP contribution is -2.51. The fourth-order valence-electron chi connectivity index (χ4n) is 5.14. The summed E-state index contributed by atoms with van der Waals surface area (Å²) in [5.41, 5.74) is 0.240. The van der Waals surface area contributed by atoms with Gasteiger partial charge in [0.05, 0.1) is 54.4 Å². The molecule has 4 rings (SSSR count). The first-order valence-electron chi connectivity index (χ1n) is 12.4. The Morgan fingerprint density at radius 2 is 1.97 bits per heavy atom. The van der Waals surface area contributed by atoms with Gasteiger partial charge in [0.25, 0.3) is 5.91 Å². The zero-order valence-electron chi connectivity index (χ0n) is 20.4. The van der Waals surface area contributed by atoms with Gasteiger partial charge in [0.1, 0.15) is 5.54 Å². The third-order valence-electron chi connectivity index (χ3n) is 7.02. The Morgan fingerprint density at radius 1 is 1.23 bits per heavy atom. The van der Waals surface area contributed by atoms with Gasteiger partial charge in [-0.1, -0.05) is 11.6 Å². The number of carbonyl (C=O) groups is 1. The van der Waals surface area contributed by atoms with Crippen molar-refractivity contribution in [2.45, 2.75) is 89.2 Å². The molecule has 1 unspecified atom stereocenters. The van der Waals surface area contributed by atoms with Crippen LogP contribution in [-0.2, 0) is 25.4 Å². The first-order valence-corrected chi connectivity index (χ1v) is 13.2. The highest BCUT2D eigenvalue weighted by Crippen LogP contribution is 2.38. The Kier molecular flexibility index (Phi) is 8.61. The number of hydrogen-bond acceptors (Lipinski definition) is 7. The summed E-state index contributed by atoms with van der Waals surface area (Å²) >= 11 is 12.1. The van der Waals surface area contributed by atoms with Crippen molar-refractivity contribution in [3.63, 3.8) is 0 Å². The number of rotatable bonds is 8. The quantitative estimate of drug-likeness (QED) is 0.368. The van der Waals surface area contributed by atoms with Crippen LogP contribution in [-0.4, -0.2) is 64.7 Å². The van der Waals surface area contributed by atoms with Crippen LogP contribution >= 0.6 is 23.8 Å². The van der Waals surface area contributed by atoms with E-state index in [-0.39, 0.29) is 30.8 Å². The van der Waals surface area contributed by atoms with Crippen molar-refractivity contribution in [3.05, 3.63) is 23.0 Å². The van der Waals surface area contributed by atoms with Crippen molar-refractivity contribution in [1.82, 2.24) is 9.88 Å². The highest BCUT2D eigenvalue weighted by atomic mass is 35.5. The Hall–Kier alpha value is -1.83. The Bertz CT molecular complexity index is 971. The van der Waals surface area contributed by atoms with E-state index < -0.39 is 5.54 Å². The Labute approximate surface area is 217 Å². The lowest BCUT2D eigenvalue weighted by molar-refractivity contribution is -0.172. The minimum atomic E-state index is -0.777. The van der Waals surface area contributed by atoms with Crippen LogP contribution in [0.5, 0.6) is 0 Å². The molecule has 1 atom stereocenters. The molecule has 3 fully saturated rings. The summed E-state index contributed by atoms with van der Waals surface area (Å²) in [6.07, 6.45) is 8.59. The molecule has 1 aromatic heterocycles. The van der Waals surface area contributed by atoms with E-state index in [4.69, 9.17) is 43.3 Å². The fourth-order valence-corrected chi connectivity index (χ4v) is 5.93. The normalized spacial score (nSPS) is 26.7. The van der Waals surface area contributed by atoms with Crippen LogP contribution in [0.15, 0.2) is 12.3 Å². The van der Waals surface area contributed by atoms with Crippen molar-refractivity contribution >= 4 is 40.5 Å². The van der Waals surface area contributed by atoms with Crippen LogP contribution in [0, 0.1) is 11.3 Å². The zero-order chi connectivity index (χ0) is 25.0. The van der Waals surface area contributed by atoms with E-state index in [1.807, 2.05) is 19.9 Å². The maximum absolute atomic E-state index is 13.4. The molecular formula is C25H33ClN4O4S. The van der Waals surface area contributed by atoms with Crippen LogP contribution in [0.2, 0.25) is 5.02 Å². The standard InChI is InChI=1S/C25H33ClN4O4S/c1-25(2)23(31)29(18-15-20(26)21(10-11-27)28-16-18)24(35)30(25)17-6-8-19(9-7-17)32-13-14-34-22-5-3-4-12-33-22/h15-17,19,22H,3-10,12-14H2,1-2H3. The molecule has 0 N–H and O–H groups in total. The number of thiocarbonyl (C=S) groups is 1. The average Bonchev–Trinajstić information content (AvgIpc) is 3.03. The van der Waals surface area contributed by atoms with Crippen LogP contribution < -0.4 is 4.90 Å². The molecule has 3 heterocycles. The number of anilines is 1. The maximum Gasteiger partial charge on any atom is 0.258 e. The molecular weight excluding hydrogens is 488 g/mol. The number of nitrogens with zero attached hydrogens (tertiary/aromatic N) is 4. The number of halogens is 1. The highest BCUT2D eigenvalue weighted by Gasteiger charge is 2.52. The Morgan fingerprint density at radius 3 is 2.63 bits per heavy atom. The predicted molar refractivity (Wildman–Crippen MR) is 136 cm³/mol. The second-order valence-electron chi connectivity index (χ2n) is 9.78.